The average molecular weight is 352 g/mol. The summed E-state index contributed by atoms with van der Waals surface area (Å²) < 4.78 is 16.5. The molecule has 0 bridgehead atoms. The van der Waals surface area contributed by atoms with Crippen LogP contribution in [0.25, 0.3) is 0 Å². The molecule has 140 valence electrons. The van der Waals surface area contributed by atoms with Crippen LogP contribution >= 0.6 is 0 Å². The van der Waals surface area contributed by atoms with Gasteiger partial charge in [-0.3, -0.25) is 0 Å². The maximum absolute atomic E-state index is 10.2. The topological polar surface area (TPSA) is 56.8 Å². The molecule has 0 saturated carbocycles. The van der Waals surface area contributed by atoms with E-state index in [0.717, 1.165) is 50.8 Å². The monoisotopic (exact) mass is 352 g/mol. The van der Waals surface area contributed by atoms with Crippen molar-refractivity contribution in [3.63, 3.8) is 0 Å². The summed E-state index contributed by atoms with van der Waals surface area (Å²) in [5.74, 6) is 1.71. The van der Waals surface area contributed by atoms with E-state index >= 15 is 0 Å². The van der Waals surface area contributed by atoms with Crippen LogP contribution in [0.4, 0.5) is 0 Å². The minimum atomic E-state index is -0.385. The Balaban J connectivity index is 1.40. The molecule has 0 aromatic heterocycles. The summed E-state index contributed by atoms with van der Waals surface area (Å²) in [5, 5.41) is 10.2. The zero-order chi connectivity index (χ0) is 17.9. The van der Waals surface area contributed by atoms with Crippen molar-refractivity contribution < 1.29 is 29.1 Å². The molecule has 2 heterocycles. The van der Waals surface area contributed by atoms with Gasteiger partial charge in [-0.05, 0) is 39.0 Å². The highest BCUT2D eigenvalue weighted by Gasteiger charge is 2.26. The second-order valence-corrected chi connectivity index (χ2v) is 8.15. The van der Waals surface area contributed by atoms with Gasteiger partial charge in [-0.15, -0.1) is 0 Å². The zero-order valence-corrected chi connectivity index (χ0v) is 15.6. The highest BCUT2D eigenvalue weighted by Crippen LogP contribution is 2.32. The fraction of sp³-hybridized carbons (Fsp3) is 0.684. The minimum absolute atomic E-state index is 0.191. The second-order valence-electron chi connectivity index (χ2n) is 8.15. The van der Waals surface area contributed by atoms with Crippen molar-refractivity contribution in [3.8, 4) is 11.5 Å². The molecule has 3 N–H and O–H groups in total. The third-order valence-electron chi connectivity index (χ3n) is 4.79. The fourth-order valence-electron chi connectivity index (χ4n) is 3.42. The van der Waals surface area contributed by atoms with E-state index < -0.39 is 0 Å². The summed E-state index contributed by atoms with van der Waals surface area (Å²) in [5.41, 5.74) is 1.10. The van der Waals surface area contributed by atoms with Crippen LogP contribution in [0.3, 0.4) is 0 Å². The molecule has 1 saturated heterocycles. The molecule has 3 rings (SSSR count). The van der Waals surface area contributed by atoms with Gasteiger partial charge in [0.15, 0.2) is 11.5 Å². The predicted octanol–water partition coefficient (Wildman–Crippen LogP) is -1.13. The first kappa shape index (κ1) is 18.5. The largest absolute Gasteiger partial charge is 0.454 e. The normalized spacial score (nSPS) is 24.3. The lowest BCUT2D eigenvalue weighted by atomic mass is 10.1. The maximum atomic E-state index is 10.2. The number of fused-ring (bicyclic) bond motifs is 1. The molecule has 0 radical (unpaired) electrons. The van der Waals surface area contributed by atoms with Crippen LogP contribution in [0, 0.1) is 0 Å². The smallest absolute Gasteiger partial charge is 0.231 e. The third-order valence-corrected chi connectivity index (χ3v) is 4.79. The molecule has 0 unspecified atom stereocenters. The van der Waals surface area contributed by atoms with Crippen molar-refractivity contribution in [2.45, 2.75) is 39.0 Å². The van der Waals surface area contributed by atoms with Gasteiger partial charge in [0.25, 0.3) is 0 Å². The van der Waals surface area contributed by atoms with Crippen molar-refractivity contribution >= 4 is 0 Å². The minimum Gasteiger partial charge on any atom is -0.454 e. The SMILES string of the molecule is CC(C)(C)OC[C@@H](O)C[NH+]1CC[NH+](Cc2ccc3c(c2)OCO3)CC1. The number of rotatable bonds is 6. The van der Waals surface area contributed by atoms with Gasteiger partial charge >= 0.3 is 0 Å². The van der Waals surface area contributed by atoms with Crippen LogP contribution in [0.2, 0.25) is 0 Å². The first-order valence-electron chi connectivity index (χ1n) is 9.27. The summed E-state index contributed by atoms with van der Waals surface area (Å²) >= 11 is 0. The number of hydrogen-bond acceptors (Lipinski definition) is 4. The van der Waals surface area contributed by atoms with E-state index in [2.05, 4.69) is 12.1 Å². The number of hydrogen-bond donors (Lipinski definition) is 3. The van der Waals surface area contributed by atoms with E-state index in [9.17, 15) is 5.11 Å². The van der Waals surface area contributed by atoms with Crippen LogP contribution in [0.15, 0.2) is 18.2 Å². The fourth-order valence-corrected chi connectivity index (χ4v) is 3.42. The van der Waals surface area contributed by atoms with E-state index in [4.69, 9.17) is 14.2 Å². The average Bonchev–Trinajstić information content (AvgIpc) is 3.02. The molecular formula is C19H32N2O4+2. The Kier molecular flexibility index (Phi) is 5.84. The summed E-state index contributed by atoms with van der Waals surface area (Å²) in [4.78, 5) is 3.06. The molecule has 1 atom stereocenters. The Hall–Kier alpha value is -1.34. The van der Waals surface area contributed by atoms with E-state index in [0.29, 0.717) is 13.4 Å². The first-order valence-corrected chi connectivity index (χ1v) is 9.27. The number of aliphatic hydroxyl groups excluding tert-OH is 1. The van der Waals surface area contributed by atoms with Crippen molar-refractivity contribution in [2.75, 3.05) is 46.1 Å². The van der Waals surface area contributed by atoms with Crippen LogP contribution in [0.5, 0.6) is 11.5 Å². The lowest BCUT2D eigenvalue weighted by Crippen LogP contribution is -3.28. The Bertz CT molecular complexity index is 565. The molecule has 1 aromatic carbocycles. The van der Waals surface area contributed by atoms with Gasteiger partial charge in [-0.1, -0.05) is 0 Å². The number of benzene rings is 1. The van der Waals surface area contributed by atoms with Crippen LogP contribution in [0.1, 0.15) is 26.3 Å². The Morgan fingerprint density at radius 3 is 2.48 bits per heavy atom. The second kappa shape index (κ2) is 7.91. The molecule has 25 heavy (non-hydrogen) atoms. The number of piperazine rings is 1. The first-order chi connectivity index (χ1) is 11.9. The van der Waals surface area contributed by atoms with Gasteiger partial charge in [0.1, 0.15) is 45.4 Å². The molecule has 1 fully saturated rings. The molecule has 6 heteroatoms. The Morgan fingerprint density at radius 2 is 1.76 bits per heavy atom. The summed E-state index contributed by atoms with van der Waals surface area (Å²) in [6.45, 7) is 13.0. The highest BCUT2D eigenvalue weighted by molar-refractivity contribution is 5.44. The number of aliphatic hydroxyl groups is 1. The molecule has 2 aliphatic rings. The maximum Gasteiger partial charge on any atom is 0.231 e. The lowest BCUT2D eigenvalue weighted by molar-refractivity contribution is -1.02. The molecule has 6 nitrogen and oxygen atoms in total. The molecule has 0 amide bonds. The van der Waals surface area contributed by atoms with Gasteiger partial charge < -0.3 is 29.1 Å². The molecule has 1 aromatic rings. The van der Waals surface area contributed by atoms with E-state index in [1.807, 2.05) is 26.8 Å². The van der Waals surface area contributed by atoms with Gasteiger partial charge in [-0.25, -0.2) is 0 Å². The van der Waals surface area contributed by atoms with Crippen molar-refractivity contribution in [2.24, 2.45) is 0 Å². The number of ether oxygens (including phenoxy) is 3. The van der Waals surface area contributed by atoms with Gasteiger partial charge in [-0.2, -0.15) is 0 Å². The third kappa shape index (κ3) is 5.57. The van der Waals surface area contributed by atoms with Crippen molar-refractivity contribution in [3.05, 3.63) is 23.8 Å². The highest BCUT2D eigenvalue weighted by atomic mass is 16.7. The summed E-state index contributed by atoms with van der Waals surface area (Å²) in [6, 6.07) is 6.24. The standard InChI is InChI=1S/C19H30N2O4/c1-19(2,3)25-13-16(22)12-21-8-6-20(7-9-21)11-15-4-5-17-18(10-15)24-14-23-17/h4-5,10,16,22H,6-9,11-14H2,1-3H3/p+2/t16-/m0/s1. The zero-order valence-electron chi connectivity index (χ0n) is 15.6. The molecule has 0 spiro atoms. The van der Waals surface area contributed by atoms with Gasteiger partial charge in [0.05, 0.1) is 12.2 Å². The Morgan fingerprint density at radius 1 is 1.08 bits per heavy atom. The quantitative estimate of drug-likeness (QED) is 0.607. The number of quaternary nitrogens is 2. The van der Waals surface area contributed by atoms with Crippen LogP contribution in [-0.4, -0.2) is 62.9 Å². The van der Waals surface area contributed by atoms with Crippen molar-refractivity contribution in [1.82, 2.24) is 0 Å². The number of nitrogens with one attached hydrogen (secondary N) is 2. The predicted molar refractivity (Wildman–Crippen MR) is 94.2 cm³/mol. The van der Waals surface area contributed by atoms with Gasteiger partial charge in [0.2, 0.25) is 6.79 Å². The van der Waals surface area contributed by atoms with Gasteiger partial charge in [0, 0.05) is 5.56 Å². The van der Waals surface area contributed by atoms with Crippen molar-refractivity contribution in [1.29, 1.82) is 0 Å². The lowest BCUT2D eigenvalue weighted by Gasteiger charge is -2.31. The molecular weight excluding hydrogens is 320 g/mol. The molecule has 2 aliphatic heterocycles. The molecule has 0 aliphatic carbocycles. The van der Waals surface area contributed by atoms with Crippen LogP contribution in [-0.2, 0) is 11.3 Å². The Labute approximate surface area is 150 Å². The summed E-state index contributed by atoms with van der Waals surface area (Å²) in [7, 11) is 0. The van der Waals surface area contributed by atoms with Crippen LogP contribution < -0.4 is 19.3 Å². The van der Waals surface area contributed by atoms with E-state index in [-0.39, 0.29) is 11.7 Å². The van der Waals surface area contributed by atoms with E-state index in [1.54, 1.807) is 4.90 Å². The van der Waals surface area contributed by atoms with E-state index in [1.165, 1.54) is 10.5 Å². The summed E-state index contributed by atoms with van der Waals surface area (Å²) in [6.07, 6.45) is -0.385.